The van der Waals surface area contributed by atoms with E-state index in [9.17, 15) is 19.5 Å². The molecule has 2 aromatic carbocycles. The van der Waals surface area contributed by atoms with Crippen molar-refractivity contribution in [1.29, 1.82) is 0 Å². The fourth-order valence-electron chi connectivity index (χ4n) is 3.12. The summed E-state index contributed by atoms with van der Waals surface area (Å²) < 4.78 is 0. The van der Waals surface area contributed by atoms with Gasteiger partial charge < -0.3 is 26.8 Å². The normalized spacial score (nSPS) is 15.5. The quantitative estimate of drug-likeness (QED) is 0.607. The molecular formula is C18H17ClN4O4. The van der Waals surface area contributed by atoms with E-state index in [2.05, 4.69) is 5.32 Å². The van der Waals surface area contributed by atoms with Crippen LogP contribution in [0.5, 0.6) is 0 Å². The fourth-order valence-corrected chi connectivity index (χ4v) is 3.25. The number of hydrogen-bond acceptors (Lipinski definition) is 5. The summed E-state index contributed by atoms with van der Waals surface area (Å²) in [5.41, 5.74) is 11.7. The van der Waals surface area contributed by atoms with Gasteiger partial charge in [0.25, 0.3) is 5.91 Å². The first kappa shape index (κ1) is 18.7. The third-order valence-corrected chi connectivity index (χ3v) is 4.70. The molecule has 3 rings (SSSR count). The number of carbonyl (C=O) groups excluding carboxylic acids is 2. The predicted molar refractivity (Wildman–Crippen MR) is 99.3 cm³/mol. The smallest absolute Gasteiger partial charge is 0.335 e. The van der Waals surface area contributed by atoms with Crippen LogP contribution in [0.2, 0.25) is 5.02 Å². The second-order valence-corrected chi connectivity index (χ2v) is 6.64. The Morgan fingerprint density at radius 3 is 2.48 bits per heavy atom. The highest BCUT2D eigenvalue weighted by Gasteiger charge is 2.40. The van der Waals surface area contributed by atoms with Crippen molar-refractivity contribution in [2.45, 2.75) is 12.1 Å². The number of fused-ring (bicyclic) bond motifs is 1. The van der Waals surface area contributed by atoms with Crippen LogP contribution < -0.4 is 21.7 Å². The molecule has 2 aromatic rings. The van der Waals surface area contributed by atoms with Crippen molar-refractivity contribution in [1.82, 2.24) is 5.32 Å². The van der Waals surface area contributed by atoms with Gasteiger partial charge in [-0.2, -0.15) is 0 Å². The number of anilines is 1. The summed E-state index contributed by atoms with van der Waals surface area (Å²) in [7, 11) is 0. The summed E-state index contributed by atoms with van der Waals surface area (Å²) in [6.07, 6.45) is -0.263. The van der Waals surface area contributed by atoms with E-state index in [0.29, 0.717) is 16.3 Å². The first-order valence-corrected chi connectivity index (χ1v) is 8.36. The van der Waals surface area contributed by atoms with Crippen LogP contribution in [0.4, 0.5) is 5.69 Å². The van der Waals surface area contributed by atoms with Crippen molar-refractivity contribution >= 4 is 35.1 Å². The molecule has 8 nitrogen and oxygen atoms in total. The van der Waals surface area contributed by atoms with Crippen molar-refractivity contribution in [2.75, 3.05) is 11.6 Å². The maximum absolute atomic E-state index is 12.2. The van der Waals surface area contributed by atoms with Gasteiger partial charge >= 0.3 is 5.97 Å². The average Bonchev–Trinajstić information content (AvgIpc) is 2.61. The Morgan fingerprint density at radius 1 is 1.22 bits per heavy atom. The van der Waals surface area contributed by atoms with Crippen molar-refractivity contribution in [3.05, 3.63) is 64.2 Å². The van der Waals surface area contributed by atoms with Gasteiger partial charge in [0, 0.05) is 5.02 Å². The highest BCUT2D eigenvalue weighted by Crippen LogP contribution is 2.36. The molecule has 0 aliphatic carbocycles. The lowest BCUT2D eigenvalue weighted by molar-refractivity contribution is -0.119. The summed E-state index contributed by atoms with van der Waals surface area (Å²) in [4.78, 5) is 36.9. The van der Waals surface area contributed by atoms with Crippen LogP contribution in [0.3, 0.4) is 0 Å². The first-order valence-electron chi connectivity index (χ1n) is 7.99. The van der Waals surface area contributed by atoms with Crippen LogP contribution in [0.25, 0.3) is 0 Å². The summed E-state index contributed by atoms with van der Waals surface area (Å²) in [5.74, 6) is -2.16. The highest BCUT2D eigenvalue weighted by molar-refractivity contribution is 6.30. The molecule has 2 amide bonds. The van der Waals surface area contributed by atoms with Crippen LogP contribution in [0.1, 0.15) is 32.7 Å². The SMILES string of the molecule is NC(=O)CC(N)(c1ccc(Cl)cc1)N1CNC(=O)c2ccc(C(=O)O)cc21. The molecule has 1 heterocycles. The molecule has 27 heavy (non-hydrogen) atoms. The largest absolute Gasteiger partial charge is 0.478 e. The Hall–Kier alpha value is -3.10. The minimum Gasteiger partial charge on any atom is -0.478 e. The summed E-state index contributed by atoms with van der Waals surface area (Å²) >= 11 is 5.94. The number of nitrogens with zero attached hydrogens (tertiary/aromatic N) is 1. The van der Waals surface area contributed by atoms with Gasteiger partial charge in [-0.25, -0.2) is 4.79 Å². The summed E-state index contributed by atoms with van der Waals surface area (Å²) in [5, 5.41) is 12.5. The topological polar surface area (TPSA) is 139 Å². The van der Waals surface area contributed by atoms with Crippen LogP contribution in [-0.4, -0.2) is 29.6 Å². The molecule has 1 atom stereocenters. The third-order valence-electron chi connectivity index (χ3n) is 4.45. The lowest BCUT2D eigenvalue weighted by Gasteiger charge is -2.45. The van der Waals surface area contributed by atoms with E-state index >= 15 is 0 Å². The zero-order chi connectivity index (χ0) is 19.8. The molecular weight excluding hydrogens is 372 g/mol. The molecule has 0 radical (unpaired) electrons. The Kier molecular flexibility index (Phi) is 4.77. The maximum Gasteiger partial charge on any atom is 0.335 e. The van der Waals surface area contributed by atoms with Gasteiger partial charge in [-0.15, -0.1) is 0 Å². The van der Waals surface area contributed by atoms with E-state index in [1.54, 1.807) is 29.2 Å². The average molecular weight is 389 g/mol. The molecule has 9 heteroatoms. The van der Waals surface area contributed by atoms with E-state index in [-0.39, 0.29) is 30.1 Å². The molecule has 0 fully saturated rings. The maximum atomic E-state index is 12.2. The molecule has 0 aromatic heterocycles. The van der Waals surface area contributed by atoms with Crippen LogP contribution in [0.15, 0.2) is 42.5 Å². The van der Waals surface area contributed by atoms with Gasteiger partial charge in [0.05, 0.1) is 29.9 Å². The number of benzene rings is 2. The number of carbonyl (C=O) groups is 3. The van der Waals surface area contributed by atoms with Crippen molar-refractivity contribution in [3.63, 3.8) is 0 Å². The molecule has 1 unspecified atom stereocenters. The molecule has 1 aliphatic heterocycles. The lowest BCUT2D eigenvalue weighted by Crippen LogP contribution is -2.60. The zero-order valence-corrected chi connectivity index (χ0v) is 14.9. The number of rotatable bonds is 5. The van der Waals surface area contributed by atoms with Crippen molar-refractivity contribution < 1.29 is 19.5 Å². The van der Waals surface area contributed by atoms with Gasteiger partial charge in [-0.3, -0.25) is 9.59 Å². The standard InChI is InChI=1S/C18H17ClN4O4/c19-12-4-2-11(3-5-12)18(21,8-15(20)24)23-9-22-16(25)13-6-1-10(17(26)27)7-14(13)23/h1-7H,8-9,21H2,(H2,20,24)(H,22,25)(H,26,27). The van der Waals surface area contributed by atoms with Gasteiger partial charge in [-0.05, 0) is 35.9 Å². The minimum absolute atomic E-state index is 0.00835. The first-order chi connectivity index (χ1) is 12.7. The summed E-state index contributed by atoms with van der Waals surface area (Å²) in [6, 6.07) is 10.7. The number of nitrogens with two attached hydrogens (primary N) is 2. The second-order valence-electron chi connectivity index (χ2n) is 6.20. The van der Waals surface area contributed by atoms with Gasteiger partial charge in [0.1, 0.15) is 5.66 Å². The Morgan fingerprint density at radius 2 is 1.89 bits per heavy atom. The Balaban J connectivity index is 2.19. The van der Waals surface area contributed by atoms with E-state index in [1.807, 2.05) is 0 Å². The third kappa shape index (κ3) is 3.44. The summed E-state index contributed by atoms with van der Waals surface area (Å²) in [6.45, 7) is -0.0265. The number of hydrogen-bond donors (Lipinski definition) is 4. The fraction of sp³-hybridized carbons (Fsp3) is 0.167. The lowest BCUT2D eigenvalue weighted by atomic mass is 9.92. The molecule has 0 spiro atoms. The predicted octanol–water partition coefficient (Wildman–Crippen LogP) is 1.23. The minimum atomic E-state index is -1.42. The Bertz CT molecular complexity index is 931. The van der Waals surface area contributed by atoms with Crippen LogP contribution in [0, 0.1) is 0 Å². The molecule has 6 N–H and O–H groups in total. The molecule has 140 valence electrons. The zero-order valence-electron chi connectivity index (χ0n) is 14.1. The van der Waals surface area contributed by atoms with Gasteiger partial charge in [0.2, 0.25) is 5.91 Å². The van der Waals surface area contributed by atoms with Gasteiger partial charge in [0.15, 0.2) is 0 Å². The number of amides is 2. The number of carboxylic acids is 1. The molecule has 0 saturated carbocycles. The second kappa shape index (κ2) is 6.90. The van der Waals surface area contributed by atoms with E-state index in [0.717, 1.165) is 0 Å². The van der Waals surface area contributed by atoms with E-state index in [1.165, 1.54) is 18.2 Å². The number of halogens is 1. The molecule has 1 aliphatic rings. The van der Waals surface area contributed by atoms with Gasteiger partial charge in [-0.1, -0.05) is 23.7 Å². The Labute approximate surface area is 159 Å². The van der Waals surface area contributed by atoms with Crippen LogP contribution in [-0.2, 0) is 10.5 Å². The number of carboxylic acid groups (broad SMARTS) is 1. The van der Waals surface area contributed by atoms with Crippen molar-refractivity contribution in [3.8, 4) is 0 Å². The van der Waals surface area contributed by atoms with Crippen LogP contribution >= 0.6 is 11.6 Å². The van der Waals surface area contributed by atoms with Crippen molar-refractivity contribution in [2.24, 2.45) is 11.5 Å². The molecule has 0 saturated heterocycles. The number of nitrogens with one attached hydrogen (secondary N) is 1. The number of primary amides is 1. The highest BCUT2D eigenvalue weighted by atomic mass is 35.5. The molecule has 0 bridgehead atoms. The number of aromatic carboxylic acids is 1. The monoisotopic (exact) mass is 388 g/mol. The van der Waals surface area contributed by atoms with E-state index in [4.69, 9.17) is 23.1 Å². The van der Waals surface area contributed by atoms with E-state index < -0.39 is 17.5 Å².